The number of nitrogens with zero attached hydrogens (tertiary/aromatic N) is 1. The summed E-state index contributed by atoms with van der Waals surface area (Å²) < 4.78 is 0.812. The lowest BCUT2D eigenvalue weighted by molar-refractivity contribution is -0.110. The Bertz CT molecular complexity index is 479. The van der Waals surface area contributed by atoms with E-state index in [0.717, 1.165) is 10.0 Å². The van der Waals surface area contributed by atoms with Gasteiger partial charge in [0.05, 0.1) is 18.7 Å². The maximum absolute atomic E-state index is 12.3. The molecule has 0 radical (unpaired) electrons. The molecule has 2 rings (SSSR count). The number of aryl methyl sites for hydroxylation is 1. The first kappa shape index (κ1) is 13.6. The van der Waals surface area contributed by atoms with E-state index in [-0.39, 0.29) is 11.8 Å². The number of likely N-dealkylation sites (tertiary alicyclic amines) is 1. The minimum atomic E-state index is -0.715. The highest BCUT2D eigenvalue weighted by Crippen LogP contribution is 2.31. The molecule has 98 valence electrons. The molecule has 0 bridgehead atoms. The number of aliphatic hydroxyl groups is 1. The van der Waals surface area contributed by atoms with Gasteiger partial charge in [0.25, 0.3) is 5.91 Å². The SMILES string of the molecule is Cc1ccc(C(=O)N2CC(O)(C(C)C)C2)c(Br)c1. The highest BCUT2D eigenvalue weighted by molar-refractivity contribution is 9.10. The Morgan fingerprint density at radius 1 is 1.44 bits per heavy atom. The second-order valence-corrected chi connectivity index (χ2v) is 6.26. The number of amides is 1. The molecule has 1 aliphatic rings. The molecule has 1 fully saturated rings. The third kappa shape index (κ3) is 2.31. The van der Waals surface area contributed by atoms with Gasteiger partial charge in [-0.2, -0.15) is 0 Å². The van der Waals surface area contributed by atoms with Crippen LogP contribution in [-0.4, -0.2) is 34.6 Å². The van der Waals surface area contributed by atoms with Crippen LogP contribution in [0.15, 0.2) is 22.7 Å². The van der Waals surface area contributed by atoms with Crippen LogP contribution in [0.1, 0.15) is 29.8 Å². The number of carbonyl (C=O) groups is 1. The highest BCUT2D eigenvalue weighted by Gasteiger charge is 2.46. The number of rotatable bonds is 2. The van der Waals surface area contributed by atoms with Crippen molar-refractivity contribution < 1.29 is 9.90 Å². The Balaban J connectivity index is 2.11. The molecular weight excluding hydrogens is 294 g/mol. The summed E-state index contributed by atoms with van der Waals surface area (Å²) in [6.07, 6.45) is 0. The average Bonchev–Trinajstić information content (AvgIpc) is 2.23. The molecule has 0 unspecified atom stereocenters. The van der Waals surface area contributed by atoms with Crippen LogP contribution in [-0.2, 0) is 0 Å². The van der Waals surface area contributed by atoms with E-state index >= 15 is 0 Å². The predicted octanol–water partition coefficient (Wildman–Crippen LogP) is 2.60. The van der Waals surface area contributed by atoms with Gasteiger partial charge in [0, 0.05) is 4.47 Å². The van der Waals surface area contributed by atoms with E-state index in [0.29, 0.717) is 18.7 Å². The van der Waals surface area contributed by atoms with Crippen LogP contribution in [0.25, 0.3) is 0 Å². The molecule has 1 heterocycles. The Hall–Kier alpha value is -0.870. The summed E-state index contributed by atoms with van der Waals surface area (Å²) in [5.74, 6) is 0.148. The fourth-order valence-electron chi connectivity index (χ4n) is 2.09. The fraction of sp³-hybridized carbons (Fsp3) is 0.500. The molecule has 3 nitrogen and oxygen atoms in total. The number of halogens is 1. The molecule has 1 N–H and O–H groups in total. The maximum Gasteiger partial charge on any atom is 0.255 e. The van der Waals surface area contributed by atoms with Crippen molar-refractivity contribution in [2.45, 2.75) is 26.4 Å². The summed E-state index contributed by atoms with van der Waals surface area (Å²) in [6, 6.07) is 5.68. The van der Waals surface area contributed by atoms with Gasteiger partial charge in [-0.05, 0) is 46.5 Å². The fourth-order valence-corrected chi connectivity index (χ4v) is 2.75. The second kappa shape index (κ2) is 4.67. The first-order valence-corrected chi connectivity index (χ1v) is 6.90. The van der Waals surface area contributed by atoms with Crippen molar-refractivity contribution in [3.05, 3.63) is 33.8 Å². The van der Waals surface area contributed by atoms with Crippen LogP contribution in [0, 0.1) is 12.8 Å². The molecule has 0 saturated carbocycles. The van der Waals surface area contributed by atoms with Crippen LogP contribution in [0.4, 0.5) is 0 Å². The number of hydrogen-bond acceptors (Lipinski definition) is 2. The number of carbonyl (C=O) groups excluding carboxylic acids is 1. The molecule has 1 amide bonds. The van der Waals surface area contributed by atoms with Gasteiger partial charge in [0.2, 0.25) is 0 Å². The van der Waals surface area contributed by atoms with E-state index in [2.05, 4.69) is 15.9 Å². The molecule has 4 heteroatoms. The molecule has 1 saturated heterocycles. The van der Waals surface area contributed by atoms with Crippen molar-refractivity contribution in [2.24, 2.45) is 5.92 Å². The third-order valence-electron chi connectivity index (χ3n) is 3.65. The molecule has 0 aromatic heterocycles. The van der Waals surface area contributed by atoms with Crippen molar-refractivity contribution in [1.82, 2.24) is 4.90 Å². The molecular formula is C14H18BrNO2. The summed E-state index contributed by atoms with van der Waals surface area (Å²) >= 11 is 3.42. The van der Waals surface area contributed by atoms with Gasteiger partial charge in [-0.1, -0.05) is 19.9 Å². The van der Waals surface area contributed by atoms with E-state index < -0.39 is 5.60 Å². The second-order valence-electron chi connectivity index (χ2n) is 5.40. The average molecular weight is 312 g/mol. The normalized spacial score (nSPS) is 17.8. The zero-order valence-electron chi connectivity index (χ0n) is 10.9. The zero-order valence-corrected chi connectivity index (χ0v) is 12.5. The van der Waals surface area contributed by atoms with Crippen molar-refractivity contribution in [1.29, 1.82) is 0 Å². The van der Waals surface area contributed by atoms with Crippen molar-refractivity contribution in [2.75, 3.05) is 13.1 Å². The molecule has 1 aromatic carbocycles. The van der Waals surface area contributed by atoms with Gasteiger partial charge in [-0.25, -0.2) is 0 Å². The van der Waals surface area contributed by atoms with Gasteiger partial charge < -0.3 is 10.0 Å². The standard InChI is InChI=1S/C14H18BrNO2/c1-9(2)14(18)7-16(8-14)13(17)11-5-4-10(3)6-12(11)15/h4-6,9,18H,7-8H2,1-3H3. The molecule has 1 aliphatic heterocycles. The van der Waals surface area contributed by atoms with Gasteiger partial charge in [-0.3, -0.25) is 4.79 Å². The lowest BCUT2D eigenvalue weighted by Gasteiger charge is -2.49. The third-order valence-corrected chi connectivity index (χ3v) is 4.30. The first-order chi connectivity index (χ1) is 8.33. The van der Waals surface area contributed by atoms with Crippen LogP contribution < -0.4 is 0 Å². The summed E-state index contributed by atoms with van der Waals surface area (Å²) in [7, 11) is 0. The van der Waals surface area contributed by atoms with Crippen LogP contribution in [0.3, 0.4) is 0 Å². The maximum atomic E-state index is 12.3. The van der Waals surface area contributed by atoms with E-state index in [4.69, 9.17) is 0 Å². The lowest BCUT2D eigenvalue weighted by Crippen LogP contribution is -2.66. The largest absolute Gasteiger partial charge is 0.386 e. The van der Waals surface area contributed by atoms with Crippen LogP contribution in [0.2, 0.25) is 0 Å². The van der Waals surface area contributed by atoms with Gasteiger partial charge in [-0.15, -0.1) is 0 Å². The van der Waals surface area contributed by atoms with Crippen LogP contribution in [0.5, 0.6) is 0 Å². The topological polar surface area (TPSA) is 40.5 Å². The Labute approximate surface area is 116 Å². The van der Waals surface area contributed by atoms with E-state index in [9.17, 15) is 9.90 Å². The molecule has 1 aromatic rings. The number of hydrogen-bond donors (Lipinski definition) is 1. The minimum Gasteiger partial charge on any atom is -0.386 e. The predicted molar refractivity (Wildman–Crippen MR) is 74.6 cm³/mol. The molecule has 0 spiro atoms. The Morgan fingerprint density at radius 3 is 2.56 bits per heavy atom. The van der Waals surface area contributed by atoms with Crippen molar-refractivity contribution in [3.8, 4) is 0 Å². The summed E-state index contributed by atoms with van der Waals surface area (Å²) in [5, 5.41) is 10.2. The molecule has 0 atom stereocenters. The summed E-state index contributed by atoms with van der Waals surface area (Å²) in [6.45, 7) is 6.78. The number of β-amino-alcohol motifs (C(OH)–C–C–N with tert-alkyl or cyclic N) is 1. The minimum absolute atomic E-state index is 0.0211. The monoisotopic (exact) mass is 311 g/mol. The van der Waals surface area contributed by atoms with E-state index in [1.807, 2.05) is 39.0 Å². The highest BCUT2D eigenvalue weighted by atomic mass is 79.9. The number of benzene rings is 1. The van der Waals surface area contributed by atoms with Crippen molar-refractivity contribution >= 4 is 21.8 Å². The van der Waals surface area contributed by atoms with Crippen molar-refractivity contribution in [3.63, 3.8) is 0 Å². The lowest BCUT2D eigenvalue weighted by atomic mass is 9.82. The molecule has 0 aliphatic carbocycles. The first-order valence-electron chi connectivity index (χ1n) is 6.11. The van der Waals surface area contributed by atoms with Gasteiger partial charge in [0.15, 0.2) is 0 Å². The van der Waals surface area contributed by atoms with Gasteiger partial charge in [0.1, 0.15) is 5.60 Å². The van der Waals surface area contributed by atoms with Gasteiger partial charge >= 0.3 is 0 Å². The smallest absolute Gasteiger partial charge is 0.255 e. The Kier molecular flexibility index (Phi) is 3.52. The molecule has 18 heavy (non-hydrogen) atoms. The Morgan fingerprint density at radius 2 is 2.06 bits per heavy atom. The summed E-state index contributed by atoms with van der Waals surface area (Å²) in [5.41, 5.74) is 1.06. The quantitative estimate of drug-likeness (QED) is 0.912. The van der Waals surface area contributed by atoms with E-state index in [1.54, 1.807) is 4.90 Å². The van der Waals surface area contributed by atoms with E-state index in [1.165, 1.54) is 0 Å². The zero-order chi connectivity index (χ0) is 13.5. The van der Waals surface area contributed by atoms with Crippen LogP contribution >= 0.6 is 15.9 Å². The summed E-state index contributed by atoms with van der Waals surface area (Å²) in [4.78, 5) is 13.9.